The van der Waals surface area contributed by atoms with E-state index in [0.29, 0.717) is 23.8 Å². The Labute approximate surface area is 196 Å². The van der Waals surface area contributed by atoms with E-state index in [1.54, 1.807) is 45.0 Å². The summed E-state index contributed by atoms with van der Waals surface area (Å²) in [5, 5.41) is 9.21. The molecule has 0 N–H and O–H groups in total. The molecule has 7 heteroatoms. The third-order valence-electron chi connectivity index (χ3n) is 5.12. The number of nitrogens with zero attached hydrogens (tertiary/aromatic N) is 3. The Kier molecular flexibility index (Phi) is 6.90. The van der Waals surface area contributed by atoms with Crippen LogP contribution in [-0.4, -0.2) is 38.8 Å². The van der Waals surface area contributed by atoms with Crippen molar-refractivity contribution in [3.63, 3.8) is 0 Å². The number of hydrogen-bond donors (Lipinski definition) is 0. The van der Waals surface area contributed by atoms with Gasteiger partial charge in [-0.2, -0.15) is 5.10 Å². The monoisotopic (exact) mass is 459 g/mol. The fraction of sp³-hybridized carbons (Fsp3) is 0.154. The van der Waals surface area contributed by atoms with E-state index in [2.05, 4.69) is 47.3 Å². The van der Waals surface area contributed by atoms with E-state index in [1.807, 2.05) is 28.9 Å². The Hall–Kier alpha value is -3.84. The van der Waals surface area contributed by atoms with Crippen LogP contribution in [0.2, 0.25) is 0 Å². The molecule has 0 unspecified atom stereocenters. The molecule has 33 heavy (non-hydrogen) atoms. The molecule has 3 aromatic carbocycles. The highest BCUT2D eigenvalue weighted by Crippen LogP contribution is 2.37. The number of benzene rings is 3. The summed E-state index contributed by atoms with van der Waals surface area (Å²) in [5.74, 6) is 1.68. The standard InChI is InChI=1S/C26H25N3O3S/c1-5-13-27-26-29(28-16-18-14-23(30-2)25(32-4)24(15-18)31-3)22(17-33-26)21-12-8-10-19-9-6-7-11-20(19)21/h5-12,14-17H,1,13H2,2-4H3. The first kappa shape index (κ1) is 22.4. The highest BCUT2D eigenvalue weighted by Gasteiger charge is 2.14. The first-order valence-electron chi connectivity index (χ1n) is 10.3. The van der Waals surface area contributed by atoms with Crippen LogP contribution in [-0.2, 0) is 0 Å². The van der Waals surface area contributed by atoms with Gasteiger partial charge in [0.2, 0.25) is 10.6 Å². The minimum atomic E-state index is 0.509. The van der Waals surface area contributed by atoms with Crippen molar-refractivity contribution >= 4 is 28.3 Å². The minimum absolute atomic E-state index is 0.509. The second kappa shape index (κ2) is 10.2. The summed E-state index contributed by atoms with van der Waals surface area (Å²) in [6.45, 7) is 4.29. The predicted octanol–water partition coefficient (Wildman–Crippen LogP) is 5.36. The van der Waals surface area contributed by atoms with E-state index in [9.17, 15) is 0 Å². The Morgan fingerprint density at radius 3 is 2.39 bits per heavy atom. The number of thiazole rings is 1. The van der Waals surface area contributed by atoms with Crippen LogP contribution in [0.5, 0.6) is 17.2 Å². The van der Waals surface area contributed by atoms with Gasteiger partial charge in [0, 0.05) is 16.5 Å². The normalized spacial score (nSPS) is 11.8. The molecule has 0 fully saturated rings. The quantitative estimate of drug-likeness (QED) is 0.263. The van der Waals surface area contributed by atoms with Crippen LogP contribution >= 0.6 is 11.3 Å². The molecule has 0 saturated heterocycles. The second-order valence-corrected chi connectivity index (χ2v) is 7.91. The van der Waals surface area contributed by atoms with Gasteiger partial charge in [-0.25, -0.2) is 4.68 Å². The second-order valence-electron chi connectivity index (χ2n) is 7.07. The van der Waals surface area contributed by atoms with E-state index in [1.165, 1.54) is 5.39 Å². The lowest BCUT2D eigenvalue weighted by Crippen LogP contribution is -2.12. The third-order valence-corrected chi connectivity index (χ3v) is 5.97. The van der Waals surface area contributed by atoms with Gasteiger partial charge in [-0.1, -0.05) is 48.5 Å². The van der Waals surface area contributed by atoms with Gasteiger partial charge in [0.1, 0.15) is 0 Å². The summed E-state index contributed by atoms with van der Waals surface area (Å²) in [6.07, 6.45) is 3.53. The van der Waals surface area contributed by atoms with Gasteiger partial charge in [-0.05, 0) is 22.9 Å². The molecule has 168 valence electrons. The average molecular weight is 460 g/mol. The zero-order valence-corrected chi connectivity index (χ0v) is 19.6. The molecule has 0 aliphatic rings. The van der Waals surface area contributed by atoms with E-state index in [-0.39, 0.29) is 0 Å². The highest BCUT2D eigenvalue weighted by molar-refractivity contribution is 7.07. The van der Waals surface area contributed by atoms with E-state index < -0.39 is 0 Å². The molecule has 0 amide bonds. The number of rotatable bonds is 8. The molecule has 0 atom stereocenters. The fourth-order valence-corrected chi connectivity index (χ4v) is 4.43. The molecular formula is C26H25N3O3S. The molecule has 0 bridgehead atoms. The molecule has 4 aromatic rings. The molecule has 1 aromatic heterocycles. The molecule has 6 nitrogen and oxygen atoms in total. The lowest BCUT2D eigenvalue weighted by atomic mass is 10.0. The summed E-state index contributed by atoms with van der Waals surface area (Å²) in [7, 11) is 4.77. The van der Waals surface area contributed by atoms with Crippen molar-refractivity contribution in [1.29, 1.82) is 0 Å². The Balaban J connectivity index is 1.86. The zero-order chi connectivity index (χ0) is 23.2. The van der Waals surface area contributed by atoms with Crippen molar-refractivity contribution in [2.24, 2.45) is 10.1 Å². The van der Waals surface area contributed by atoms with Gasteiger partial charge >= 0.3 is 0 Å². The number of fused-ring (bicyclic) bond motifs is 1. The van der Waals surface area contributed by atoms with Crippen LogP contribution in [0.25, 0.3) is 22.0 Å². The SMILES string of the molecule is C=CCN=c1scc(-c2cccc3ccccc23)n1N=Cc1cc(OC)c(OC)c(OC)c1. The van der Waals surface area contributed by atoms with E-state index in [0.717, 1.165) is 27.0 Å². The first-order chi connectivity index (χ1) is 16.2. The highest BCUT2D eigenvalue weighted by atomic mass is 32.1. The zero-order valence-electron chi connectivity index (χ0n) is 18.8. The number of methoxy groups -OCH3 is 3. The summed E-state index contributed by atoms with van der Waals surface area (Å²) >= 11 is 1.54. The van der Waals surface area contributed by atoms with Crippen LogP contribution in [0, 0.1) is 0 Å². The molecule has 0 spiro atoms. The molecule has 1 heterocycles. The van der Waals surface area contributed by atoms with Gasteiger partial charge in [0.05, 0.1) is 39.8 Å². The van der Waals surface area contributed by atoms with Gasteiger partial charge in [-0.3, -0.25) is 4.99 Å². The van der Waals surface area contributed by atoms with E-state index >= 15 is 0 Å². The fourth-order valence-electron chi connectivity index (χ4n) is 3.60. The summed E-state index contributed by atoms with van der Waals surface area (Å²) < 4.78 is 18.2. The van der Waals surface area contributed by atoms with Gasteiger partial charge < -0.3 is 14.2 Å². The van der Waals surface area contributed by atoms with Crippen LogP contribution in [0.3, 0.4) is 0 Å². The minimum Gasteiger partial charge on any atom is -0.493 e. The maximum absolute atomic E-state index is 5.47. The number of hydrogen-bond acceptors (Lipinski definition) is 6. The Morgan fingerprint density at radius 2 is 1.70 bits per heavy atom. The number of ether oxygens (including phenoxy) is 3. The average Bonchev–Trinajstić information content (AvgIpc) is 3.27. The Morgan fingerprint density at radius 1 is 0.970 bits per heavy atom. The molecular weight excluding hydrogens is 434 g/mol. The third kappa shape index (κ3) is 4.54. The molecule has 4 rings (SSSR count). The van der Waals surface area contributed by atoms with Crippen molar-refractivity contribution in [3.8, 4) is 28.5 Å². The van der Waals surface area contributed by atoms with Crippen molar-refractivity contribution in [3.05, 3.63) is 83.0 Å². The number of aromatic nitrogens is 1. The van der Waals surface area contributed by atoms with E-state index in [4.69, 9.17) is 19.3 Å². The lowest BCUT2D eigenvalue weighted by Gasteiger charge is -2.12. The maximum Gasteiger partial charge on any atom is 0.206 e. The van der Waals surface area contributed by atoms with Crippen LogP contribution in [0.15, 0.2) is 82.7 Å². The molecule has 0 saturated carbocycles. The van der Waals surface area contributed by atoms with Crippen LogP contribution in [0.1, 0.15) is 5.56 Å². The maximum atomic E-state index is 5.47. The van der Waals surface area contributed by atoms with Crippen LogP contribution in [0.4, 0.5) is 0 Å². The van der Waals surface area contributed by atoms with Crippen molar-refractivity contribution < 1.29 is 14.2 Å². The first-order valence-corrected chi connectivity index (χ1v) is 11.2. The lowest BCUT2D eigenvalue weighted by molar-refractivity contribution is 0.324. The molecule has 0 aliphatic heterocycles. The van der Waals surface area contributed by atoms with Crippen LogP contribution < -0.4 is 19.0 Å². The van der Waals surface area contributed by atoms with Crippen molar-refractivity contribution in [1.82, 2.24) is 4.68 Å². The Bertz CT molecular complexity index is 1350. The summed E-state index contributed by atoms with van der Waals surface area (Å²) in [4.78, 5) is 5.42. The van der Waals surface area contributed by atoms with Gasteiger partial charge in [0.25, 0.3) is 0 Å². The molecule has 0 radical (unpaired) electrons. The largest absolute Gasteiger partial charge is 0.493 e. The molecule has 0 aliphatic carbocycles. The van der Waals surface area contributed by atoms with Crippen molar-refractivity contribution in [2.45, 2.75) is 0 Å². The topological polar surface area (TPSA) is 57.3 Å². The smallest absolute Gasteiger partial charge is 0.206 e. The van der Waals surface area contributed by atoms with Gasteiger partial charge in [-0.15, -0.1) is 17.9 Å². The summed E-state index contributed by atoms with van der Waals surface area (Å²) in [5.41, 5.74) is 2.86. The summed E-state index contributed by atoms with van der Waals surface area (Å²) in [6, 6.07) is 18.3. The van der Waals surface area contributed by atoms with Gasteiger partial charge in [0.15, 0.2) is 11.5 Å². The van der Waals surface area contributed by atoms with Crippen molar-refractivity contribution in [2.75, 3.05) is 27.9 Å². The predicted molar refractivity (Wildman–Crippen MR) is 135 cm³/mol.